The van der Waals surface area contributed by atoms with Gasteiger partial charge in [-0.05, 0) is 19.9 Å². The second-order valence-electron chi connectivity index (χ2n) is 3.86. The topological polar surface area (TPSA) is 12.0 Å². The van der Waals surface area contributed by atoms with E-state index in [4.69, 9.17) is 6.42 Å². The molecule has 1 aromatic rings. The van der Waals surface area contributed by atoms with E-state index in [9.17, 15) is 8.78 Å². The van der Waals surface area contributed by atoms with Crippen molar-refractivity contribution in [1.82, 2.24) is 5.32 Å². The molecule has 2 atom stereocenters. The number of terminal acetylenes is 1. The normalized spacial score (nSPS) is 14.2. The zero-order valence-corrected chi connectivity index (χ0v) is 9.43. The standard InChI is InChI=1S/C13H15F2N/c1-4-5-9(2)16-10(3)12-7-6-11(14)8-13(12)15/h1,6-10,16H,5H2,2-3H3. The number of benzene rings is 1. The maximum Gasteiger partial charge on any atom is 0.130 e. The van der Waals surface area contributed by atoms with Crippen LogP contribution in [0.4, 0.5) is 8.78 Å². The van der Waals surface area contributed by atoms with Crippen LogP contribution in [-0.2, 0) is 0 Å². The van der Waals surface area contributed by atoms with Gasteiger partial charge in [0, 0.05) is 30.1 Å². The molecule has 0 amide bonds. The number of rotatable bonds is 4. The fraction of sp³-hybridized carbons (Fsp3) is 0.385. The number of hydrogen-bond donors (Lipinski definition) is 1. The van der Waals surface area contributed by atoms with Gasteiger partial charge in [-0.25, -0.2) is 8.78 Å². The average Bonchev–Trinajstić information content (AvgIpc) is 2.17. The third-order valence-electron chi connectivity index (χ3n) is 2.39. The lowest BCUT2D eigenvalue weighted by molar-refractivity contribution is 0.465. The van der Waals surface area contributed by atoms with Gasteiger partial charge >= 0.3 is 0 Å². The Hall–Kier alpha value is -1.40. The Morgan fingerprint density at radius 2 is 2.06 bits per heavy atom. The molecule has 0 aliphatic heterocycles. The van der Waals surface area contributed by atoms with Gasteiger partial charge in [0.05, 0.1) is 0 Å². The Morgan fingerprint density at radius 3 is 2.62 bits per heavy atom. The molecule has 0 spiro atoms. The summed E-state index contributed by atoms with van der Waals surface area (Å²) in [5.74, 6) is 1.43. The quantitative estimate of drug-likeness (QED) is 0.774. The molecule has 0 heterocycles. The molecule has 16 heavy (non-hydrogen) atoms. The maximum atomic E-state index is 13.4. The first-order chi connectivity index (χ1) is 7.54. The molecule has 0 saturated carbocycles. The summed E-state index contributed by atoms with van der Waals surface area (Å²) in [5, 5.41) is 3.15. The van der Waals surface area contributed by atoms with E-state index in [-0.39, 0.29) is 12.1 Å². The lowest BCUT2D eigenvalue weighted by Crippen LogP contribution is -2.29. The molecule has 1 rings (SSSR count). The van der Waals surface area contributed by atoms with Crippen molar-refractivity contribution in [1.29, 1.82) is 0 Å². The Morgan fingerprint density at radius 1 is 1.38 bits per heavy atom. The van der Waals surface area contributed by atoms with Crippen molar-refractivity contribution in [2.75, 3.05) is 0 Å². The highest BCUT2D eigenvalue weighted by Gasteiger charge is 2.13. The highest BCUT2D eigenvalue weighted by Crippen LogP contribution is 2.18. The molecule has 2 unspecified atom stereocenters. The van der Waals surface area contributed by atoms with Gasteiger partial charge in [-0.3, -0.25) is 0 Å². The van der Waals surface area contributed by atoms with Crippen LogP contribution < -0.4 is 5.32 Å². The molecule has 0 aromatic heterocycles. The Labute approximate surface area is 94.9 Å². The van der Waals surface area contributed by atoms with Crippen molar-refractivity contribution in [3.8, 4) is 12.3 Å². The molecule has 0 radical (unpaired) electrons. The first-order valence-corrected chi connectivity index (χ1v) is 5.19. The molecule has 3 heteroatoms. The minimum Gasteiger partial charge on any atom is -0.307 e. The van der Waals surface area contributed by atoms with Crippen molar-refractivity contribution >= 4 is 0 Å². The van der Waals surface area contributed by atoms with Crippen LogP contribution in [0.3, 0.4) is 0 Å². The smallest absolute Gasteiger partial charge is 0.130 e. The lowest BCUT2D eigenvalue weighted by atomic mass is 10.1. The Balaban J connectivity index is 2.73. The van der Waals surface area contributed by atoms with Gasteiger partial charge in [-0.1, -0.05) is 6.07 Å². The Bertz CT molecular complexity index is 395. The SMILES string of the molecule is C#CCC(C)NC(C)c1ccc(F)cc1F. The first kappa shape index (κ1) is 12.7. The fourth-order valence-electron chi connectivity index (χ4n) is 1.60. The van der Waals surface area contributed by atoms with E-state index in [0.717, 1.165) is 6.07 Å². The number of halogens is 2. The van der Waals surface area contributed by atoms with Crippen molar-refractivity contribution in [2.24, 2.45) is 0 Å². The number of nitrogens with one attached hydrogen (secondary N) is 1. The van der Waals surface area contributed by atoms with Crippen LogP contribution in [-0.4, -0.2) is 6.04 Å². The molecule has 1 aromatic carbocycles. The van der Waals surface area contributed by atoms with E-state index in [0.29, 0.717) is 12.0 Å². The molecular weight excluding hydrogens is 208 g/mol. The lowest BCUT2D eigenvalue weighted by Gasteiger charge is -2.19. The van der Waals surface area contributed by atoms with E-state index in [2.05, 4.69) is 11.2 Å². The fourth-order valence-corrected chi connectivity index (χ4v) is 1.60. The third kappa shape index (κ3) is 3.32. The van der Waals surface area contributed by atoms with Gasteiger partial charge in [-0.15, -0.1) is 12.3 Å². The summed E-state index contributed by atoms with van der Waals surface area (Å²) in [6, 6.07) is 3.50. The van der Waals surface area contributed by atoms with Crippen molar-refractivity contribution in [3.05, 3.63) is 35.4 Å². The van der Waals surface area contributed by atoms with Crippen molar-refractivity contribution in [2.45, 2.75) is 32.4 Å². The minimum atomic E-state index is -0.565. The van der Waals surface area contributed by atoms with Gasteiger partial charge in [0.15, 0.2) is 0 Å². The van der Waals surface area contributed by atoms with E-state index in [1.54, 1.807) is 0 Å². The molecule has 0 fully saturated rings. The Kier molecular flexibility index (Phi) is 4.45. The van der Waals surface area contributed by atoms with E-state index in [1.807, 2.05) is 13.8 Å². The summed E-state index contributed by atoms with van der Waals surface area (Å²) < 4.78 is 26.1. The zero-order chi connectivity index (χ0) is 12.1. The maximum absolute atomic E-state index is 13.4. The van der Waals surface area contributed by atoms with Crippen LogP contribution in [0.2, 0.25) is 0 Å². The molecule has 0 bridgehead atoms. The first-order valence-electron chi connectivity index (χ1n) is 5.19. The zero-order valence-electron chi connectivity index (χ0n) is 9.43. The van der Waals surface area contributed by atoms with Crippen molar-refractivity contribution in [3.63, 3.8) is 0 Å². The molecule has 1 N–H and O–H groups in total. The van der Waals surface area contributed by atoms with Crippen LogP contribution >= 0.6 is 0 Å². The molecule has 1 nitrogen and oxygen atoms in total. The van der Waals surface area contributed by atoms with Gasteiger partial charge in [0.25, 0.3) is 0 Å². The molecule has 0 saturated heterocycles. The van der Waals surface area contributed by atoms with E-state index in [1.165, 1.54) is 12.1 Å². The minimum absolute atomic E-state index is 0.101. The van der Waals surface area contributed by atoms with E-state index >= 15 is 0 Å². The largest absolute Gasteiger partial charge is 0.307 e. The van der Waals surface area contributed by atoms with Crippen molar-refractivity contribution < 1.29 is 8.78 Å². The molecule has 0 aliphatic rings. The highest BCUT2D eigenvalue weighted by molar-refractivity contribution is 5.21. The average molecular weight is 223 g/mol. The van der Waals surface area contributed by atoms with Gasteiger partial charge in [-0.2, -0.15) is 0 Å². The molecule has 0 aliphatic carbocycles. The summed E-state index contributed by atoms with van der Waals surface area (Å²) >= 11 is 0. The molecule has 86 valence electrons. The summed E-state index contributed by atoms with van der Waals surface area (Å²) in [4.78, 5) is 0. The second kappa shape index (κ2) is 5.62. The second-order valence-corrected chi connectivity index (χ2v) is 3.86. The van der Waals surface area contributed by atoms with Crippen LogP contribution in [0.15, 0.2) is 18.2 Å². The summed E-state index contributed by atoms with van der Waals surface area (Å²) in [6.07, 6.45) is 5.76. The number of hydrogen-bond acceptors (Lipinski definition) is 1. The predicted octanol–water partition coefficient (Wildman–Crippen LogP) is 3.03. The van der Waals surface area contributed by atoms with Gasteiger partial charge < -0.3 is 5.32 Å². The highest BCUT2D eigenvalue weighted by atomic mass is 19.1. The van der Waals surface area contributed by atoms with E-state index < -0.39 is 11.6 Å². The molecular formula is C13H15F2N. The van der Waals surface area contributed by atoms with Gasteiger partial charge in [0.2, 0.25) is 0 Å². The van der Waals surface area contributed by atoms with Crippen LogP contribution in [0, 0.1) is 24.0 Å². The van der Waals surface area contributed by atoms with Gasteiger partial charge in [0.1, 0.15) is 11.6 Å². The monoisotopic (exact) mass is 223 g/mol. The van der Waals surface area contributed by atoms with Crippen LogP contribution in [0.5, 0.6) is 0 Å². The summed E-state index contributed by atoms with van der Waals surface area (Å²) in [6.45, 7) is 3.75. The third-order valence-corrected chi connectivity index (χ3v) is 2.39. The van der Waals surface area contributed by atoms with Crippen LogP contribution in [0.25, 0.3) is 0 Å². The van der Waals surface area contributed by atoms with Crippen LogP contribution in [0.1, 0.15) is 31.9 Å². The summed E-state index contributed by atoms with van der Waals surface area (Å²) in [5.41, 5.74) is 0.449. The predicted molar refractivity (Wildman–Crippen MR) is 60.8 cm³/mol. The summed E-state index contributed by atoms with van der Waals surface area (Å²) in [7, 11) is 0.